The van der Waals surface area contributed by atoms with E-state index in [1.54, 1.807) is 7.11 Å². The van der Waals surface area contributed by atoms with Crippen LogP contribution in [-0.4, -0.2) is 7.11 Å². The molecule has 3 nitrogen and oxygen atoms in total. The Labute approximate surface area is 101 Å². The molecule has 1 aromatic heterocycles. The summed E-state index contributed by atoms with van der Waals surface area (Å²) in [6.07, 6.45) is 0. The van der Waals surface area contributed by atoms with E-state index in [1.165, 1.54) is 0 Å². The van der Waals surface area contributed by atoms with Gasteiger partial charge in [-0.05, 0) is 25.1 Å². The Hall–Kier alpha value is -1.74. The summed E-state index contributed by atoms with van der Waals surface area (Å²) in [5.41, 5.74) is 2.24. The number of methoxy groups -OCH3 is 1. The molecular formula is C14H17NO2. The topological polar surface area (TPSA) is 34.4 Å². The number of ether oxygens (including phenoxy) is 1. The van der Waals surface area contributed by atoms with Gasteiger partial charge >= 0.3 is 0 Å². The molecule has 0 bridgehead atoms. The molecule has 0 unspecified atom stereocenters. The first-order chi connectivity index (χ1) is 8.29. The van der Waals surface area contributed by atoms with Crippen LogP contribution in [0.1, 0.15) is 17.1 Å². The van der Waals surface area contributed by atoms with E-state index in [0.29, 0.717) is 13.2 Å². The minimum Gasteiger partial charge on any atom is -0.465 e. The monoisotopic (exact) mass is 231 g/mol. The van der Waals surface area contributed by atoms with Crippen LogP contribution in [0.5, 0.6) is 0 Å². The van der Waals surface area contributed by atoms with Crippen LogP contribution < -0.4 is 5.32 Å². The molecule has 3 heteroatoms. The summed E-state index contributed by atoms with van der Waals surface area (Å²) in [5, 5.41) is 3.35. The molecule has 0 aliphatic carbocycles. The summed E-state index contributed by atoms with van der Waals surface area (Å²) < 4.78 is 10.7. The van der Waals surface area contributed by atoms with Gasteiger partial charge in [0.1, 0.15) is 11.5 Å². The molecule has 0 amide bonds. The Morgan fingerprint density at radius 3 is 2.71 bits per heavy atom. The molecule has 1 aromatic carbocycles. The van der Waals surface area contributed by atoms with Crippen molar-refractivity contribution in [3.05, 3.63) is 53.5 Å². The van der Waals surface area contributed by atoms with E-state index >= 15 is 0 Å². The Morgan fingerprint density at radius 1 is 1.18 bits per heavy atom. The van der Waals surface area contributed by atoms with Gasteiger partial charge in [0.15, 0.2) is 0 Å². The van der Waals surface area contributed by atoms with E-state index in [4.69, 9.17) is 9.15 Å². The zero-order valence-electron chi connectivity index (χ0n) is 10.2. The van der Waals surface area contributed by atoms with Crippen molar-refractivity contribution < 1.29 is 9.15 Å². The summed E-state index contributed by atoms with van der Waals surface area (Å²) in [6, 6.07) is 12.1. The molecule has 1 heterocycles. The van der Waals surface area contributed by atoms with Crippen molar-refractivity contribution in [1.29, 1.82) is 0 Å². The smallest absolute Gasteiger partial charge is 0.123 e. The van der Waals surface area contributed by atoms with Gasteiger partial charge in [-0.3, -0.25) is 0 Å². The van der Waals surface area contributed by atoms with E-state index in [0.717, 1.165) is 22.8 Å². The minimum absolute atomic E-state index is 0.611. The molecule has 0 spiro atoms. The molecular weight excluding hydrogens is 214 g/mol. The van der Waals surface area contributed by atoms with Gasteiger partial charge in [-0.15, -0.1) is 0 Å². The fraction of sp³-hybridized carbons (Fsp3) is 0.286. The molecule has 0 saturated heterocycles. The van der Waals surface area contributed by atoms with Gasteiger partial charge < -0.3 is 14.5 Å². The van der Waals surface area contributed by atoms with Crippen LogP contribution in [0.4, 0.5) is 5.69 Å². The number of nitrogens with one attached hydrogen (secondary N) is 1. The van der Waals surface area contributed by atoms with E-state index < -0.39 is 0 Å². The Bertz CT molecular complexity index is 477. The second-order valence-corrected chi connectivity index (χ2v) is 3.96. The lowest BCUT2D eigenvalue weighted by atomic mass is 10.2. The Morgan fingerprint density at radius 2 is 2.00 bits per heavy atom. The molecule has 0 radical (unpaired) electrons. The first-order valence-corrected chi connectivity index (χ1v) is 5.65. The maximum Gasteiger partial charge on any atom is 0.123 e. The number of aryl methyl sites for hydroxylation is 1. The summed E-state index contributed by atoms with van der Waals surface area (Å²) in [5.74, 6) is 1.88. The van der Waals surface area contributed by atoms with Gasteiger partial charge in [-0.1, -0.05) is 18.2 Å². The number of anilines is 1. The average Bonchev–Trinajstić information content (AvgIpc) is 2.74. The maximum absolute atomic E-state index is 5.51. The number of para-hydroxylation sites is 1. The molecule has 2 aromatic rings. The van der Waals surface area contributed by atoms with Crippen LogP contribution in [0.3, 0.4) is 0 Å². The molecule has 90 valence electrons. The quantitative estimate of drug-likeness (QED) is 0.857. The van der Waals surface area contributed by atoms with Crippen molar-refractivity contribution in [2.45, 2.75) is 20.1 Å². The third-order valence-electron chi connectivity index (χ3n) is 2.57. The SMILES string of the molecule is COCc1ccccc1NCc1ccc(C)o1. The van der Waals surface area contributed by atoms with Gasteiger partial charge in [0.25, 0.3) is 0 Å². The van der Waals surface area contributed by atoms with Crippen LogP contribution in [-0.2, 0) is 17.9 Å². The Kier molecular flexibility index (Phi) is 3.83. The number of hydrogen-bond acceptors (Lipinski definition) is 3. The average molecular weight is 231 g/mol. The van der Waals surface area contributed by atoms with Gasteiger partial charge in [0.2, 0.25) is 0 Å². The molecule has 2 rings (SSSR count). The van der Waals surface area contributed by atoms with Crippen LogP contribution >= 0.6 is 0 Å². The zero-order valence-corrected chi connectivity index (χ0v) is 10.2. The summed E-state index contributed by atoms with van der Waals surface area (Å²) in [6.45, 7) is 3.25. The molecule has 1 N–H and O–H groups in total. The molecule has 0 atom stereocenters. The van der Waals surface area contributed by atoms with Crippen molar-refractivity contribution >= 4 is 5.69 Å². The largest absolute Gasteiger partial charge is 0.465 e. The van der Waals surface area contributed by atoms with Gasteiger partial charge in [0.05, 0.1) is 13.2 Å². The highest BCUT2D eigenvalue weighted by atomic mass is 16.5. The second kappa shape index (κ2) is 5.55. The fourth-order valence-corrected chi connectivity index (χ4v) is 1.74. The van der Waals surface area contributed by atoms with Crippen molar-refractivity contribution in [2.24, 2.45) is 0 Å². The van der Waals surface area contributed by atoms with E-state index in [1.807, 2.05) is 37.3 Å². The van der Waals surface area contributed by atoms with Crippen LogP contribution in [0.15, 0.2) is 40.8 Å². The van der Waals surface area contributed by atoms with Gasteiger partial charge in [0, 0.05) is 18.4 Å². The minimum atomic E-state index is 0.611. The number of rotatable bonds is 5. The lowest BCUT2D eigenvalue weighted by molar-refractivity contribution is 0.185. The second-order valence-electron chi connectivity index (χ2n) is 3.96. The van der Waals surface area contributed by atoms with Gasteiger partial charge in [-0.2, -0.15) is 0 Å². The van der Waals surface area contributed by atoms with Crippen molar-refractivity contribution in [3.8, 4) is 0 Å². The highest BCUT2D eigenvalue weighted by Gasteiger charge is 2.02. The summed E-state index contributed by atoms with van der Waals surface area (Å²) in [4.78, 5) is 0. The first kappa shape index (κ1) is 11.7. The third-order valence-corrected chi connectivity index (χ3v) is 2.57. The van der Waals surface area contributed by atoms with Crippen LogP contribution in [0.2, 0.25) is 0 Å². The maximum atomic E-state index is 5.51. The van der Waals surface area contributed by atoms with Crippen LogP contribution in [0.25, 0.3) is 0 Å². The van der Waals surface area contributed by atoms with Crippen molar-refractivity contribution in [2.75, 3.05) is 12.4 Å². The number of hydrogen-bond donors (Lipinski definition) is 1. The molecule has 0 aliphatic heterocycles. The first-order valence-electron chi connectivity index (χ1n) is 5.65. The van der Waals surface area contributed by atoms with Crippen molar-refractivity contribution in [1.82, 2.24) is 0 Å². The van der Waals surface area contributed by atoms with Crippen LogP contribution in [0, 0.1) is 6.92 Å². The molecule has 0 aliphatic rings. The number of benzene rings is 1. The predicted molar refractivity (Wildman–Crippen MR) is 67.9 cm³/mol. The predicted octanol–water partition coefficient (Wildman–Crippen LogP) is 3.35. The third kappa shape index (κ3) is 3.11. The van der Waals surface area contributed by atoms with Crippen molar-refractivity contribution in [3.63, 3.8) is 0 Å². The highest BCUT2D eigenvalue weighted by Crippen LogP contribution is 2.17. The highest BCUT2D eigenvalue weighted by molar-refractivity contribution is 5.50. The lowest BCUT2D eigenvalue weighted by Crippen LogP contribution is -2.02. The van der Waals surface area contributed by atoms with E-state index in [-0.39, 0.29) is 0 Å². The molecule has 0 saturated carbocycles. The lowest BCUT2D eigenvalue weighted by Gasteiger charge is -2.10. The van der Waals surface area contributed by atoms with Gasteiger partial charge in [-0.25, -0.2) is 0 Å². The summed E-state index contributed by atoms with van der Waals surface area (Å²) in [7, 11) is 1.70. The Balaban J connectivity index is 2.03. The molecule has 17 heavy (non-hydrogen) atoms. The van der Waals surface area contributed by atoms with E-state index in [2.05, 4.69) is 11.4 Å². The van der Waals surface area contributed by atoms with E-state index in [9.17, 15) is 0 Å². The number of furan rings is 1. The molecule has 0 fully saturated rings. The summed E-state index contributed by atoms with van der Waals surface area (Å²) >= 11 is 0. The zero-order chi connectivity index (χ0) is 12.1. The fourth-order valence-electron chi connectivity index (χ4n) is 1.74. The standard InChI is InChI=1S/C14H17NO2/c1-11-7-8-13(17-11)9-15-14-6-4-3-5-12(14)10-16-2/h3-8,15H,9-10H2,1-2H3. The normalized spacial score (nSPS) is 10.5.